The second kappa shape index (κ2) is 5.32. The van der Waals surface area contributed by atoms with Crippen molar-refractivity contribution in [3.63, 3.8) is 0 Å². The molecule has 0 radical (unpaired) electrons. The molecule has 3 rings (SSSR count). The van der Waals surface area contributed by atoms with E-state index in [-0.39, 0.29) is 5.41 Å². The Bertz CT molecular complexity index is 566. The highest BCUT2D eigenvalue weighted by molar-refractivity contribution is 5.93. The normalized spacial score (nSPS) is 23.6. The van der Waals surface area contributed by atoms with Gasteiger partial charge in [-0.2, -0.15) is 0 Å². The predicted molar refractivity (Wildman–Crippen MR) is 82.9 cm³/mol. The minimum absolute atomic E-state index is 0.202. The quantitative estimate of drug-likeness (QED) is 0.891. The average molecular weight is 288 g/mol. The number of aromatic carboxylic acids is 1. The summed E-state index contributed by atoms with van der Waals surface area (Å²) in [5.74, 6) is -0.308. The summed E-state index contributed by atoms with van der Waals surface area (Å²) in [4.78, 5) is 16.2. The lowest BCUT2D eigenvalue weighted by Gasteiger charge is -2.29. The summed E-state index contributed by atoms with van der Waals surface area (Å²) >= 11 is 0. The van der Waals surface area contributed by atoms with Crippen LogP contribution < -0.4 is 5.32 Å². The Balaban J connectivity index is 1.94. The van der Waals surface area contributed by atoms with Crippen LogP contribution in [-0.4, -0.2) is 22.1 Å². The van der Waals surface area contributed by atoms with Crippen molar-refractivity contribution in [2.75, 3.05) is 5.32 Å². The fraction of sp³-hybridized carbons (Fsp3) is 0.647. The van der Waals surface area contributed by atoms with Gasteiger partial charge in [-0.3, -0.25) is 0 Å². The maximum atomic E-state index is 11.6. The third-order valence-electron chi connectivity index (χ3n) is 5.10. The molecule has 2 N–H and O–H groups in total. The monoisotopic (exact) mass is 288 g/mol. The van der Waals surface area contributed by atoms with E-state index in [1.165, 1.54) is 12.8 Å². The van der Waals surface area contributed by atoms with Crippen LogP contribution in [0, 0.1) is 5.41 Å². The van der Waals surface area contributed by atoms with Crippen molar-refractivity contribution in [1.82, 2.24) is 4.98 Å². The number of fused-ring (bicyclic) bond motifs is 1. The maximum absolute atomic E-state index is 11.6. The molecule has 0 bridgehead atoms. The molecule has 2 aliphatic carbocycles. The summed E-state index contributed by atoms with van der Waals surface area (Å²) in [6, 6.07) is 2.15. The van der Waals surface area contributed by atoms with E-state index in [1.54, 1.807) is 0 Å². The summed E-state index contributed by atoms with van der Waals surface area (Å²) in [6.45, 7) is 4.49. The van der Waals surface area contributed by atoms with E-state index in [4.69, 9.17) is 0 Å². The van der Waals surface area contributed by atoms with Gasteiger partial charge in [-0.15, -0.1) is 0 Å². The van der Waals surface area contributed by atoms with Gasteiger partial charge >= 0.3 is 5.97 Å². The van der Waals surface area contributed by atoms with Crippen LogP contribution in [0.1, 0.15) is 67.6 Å². The predicted octanol–water partition coefficient (Wildman–Crippen LogP) is 3.65. The van der Waals surface area contributed by atoms with Crippen molar-refractivity contribution in [1.29, 1.82) is 0 Å². The first-order valence-corrected chi connectivity index (χ1v) is 8.00. The van der Waals surface area contributed by atoms with Crippen molar-refractivity contribution < 1.29 is 9.90 Å². The lowest BCUT2D eigenvalue weighted by atomic mass is 9.87. The number of anilines is 1. The molecule has 0 aromatic carbocycles. The average Bonchev–Trinajstić information content (AvgIpc) is 2.77. The van der Waals surface area contributed by atoms with Gasteiger partial charge in [-0.1, -0.05) is 20.3 Å². The highest BCUT2D eigenvalue weighted by atomic mass is 16.4. The first-order chi connectivity index (χ1) is 9.97. The number of aromatic nitrogens is 1. The van der Waals surface area contributed by atoms with Gasteiger partial charge in [0.05, 0.1) is 0 Å². The van der Waals surface area contributed by atoms with Gasteiger partial charge in [0.1, 0.15) is 11.4 Å². The molecule has 1 aromatic rings. The molecule has 4 nitrogen and oxygen atoms in total. The number of carbonyl (C=O) groups is 1. The van der Waals surface area contributed by atoms with Gasteiger partial charge in [0.15, 0.2) is 0 Å². The Morgan fingerprint density at radius 3 is 2.76 bits per heavy atom. The Labute approximate surface area is 126 Å². The highest BCUT2D eigenvalue weighted by Crippen LogP contribution is 2.39. The van der Waals surface area contributed by atoms with Crippen LogP contribution in [0.15, 0.2) is 6.07 Å². The summed E-state index contributed by atoms with van der Waals surface area (Å²) in [7, 11) is 0. The molecular formula is C17H24N2O2. The van der Waals surface area contributed by atoms with Gasteiger partial charge in [0.2, 0.25) is 0 Å². The van der Waals surface area contributed by atoms with Crippen molar-refractivity contribution in [2.45, 2.75) is 64.8 Å². The molecule has 1 aromatic heterocycles. The third-order valence-corrected chi connectivity index (χ3v) is 5.10. The minimum atomic E-state index is -0.880. The molecule has 1 unspecified atom stereocenters. The highest BCUT2D eigenvalue weighted by Gasteiger charge is 2.35. The zero-order valence-corrected chi connectivity index (χ0v) is 12.9. The molecule has 4 heteroatoms. The van der Waals surface area contributed by atoms with Crippen LogP contribution in [0.25, 0.3) is 0 Å². The zero-order valence-electron chi connectivity index (χ0n) is 12.9. The molecule has 0 amide bonds. The SMILES string of the molecule is CC1(C)CCCC1Nc1nc2c(cc1C(=O)O)CCCC2. The number of hydrogen-bond donors (Lipinski definition) is 2. The lowest BCUT2D eigenvalue weighted by molar-refractivity contribution is 0.0697. The van der Waals surface area contributed by atoms with Crippen molar-refractivity contribution in [2.24, 2.45) is 5.41 Å². The van der Waals surface area contributed by atoms with Gasteiger partial charge in [0, 0.05) is 11.7 Å². The molecule has 1 fully saturated rings. The molecule has 1 saturated carbocycles. The Kier molecular flexibility index (Phi) is 3.64. The molecule has 114 valence electrons. The van der Waals surface area contributed by atoms with E-state index in [9.17, 15) is 9.90 Å². The molecule has 0 saturated heterocycles. The number of nitrogens with one attached hydrogen (secondary N) is 1. The second-order valence-corrected chi connectivity index (χ2v) is 7.08. The fourth-order valence-electron chi connectivity index (χ4n) is 3.67. The third kappa shape index (κ3) is 2.76. The van der Waals surface area contributed by atoms with Crippen LogP contribution in [0.2, 0.25) is 0 Å². The van der Waals surface area contributed by atoms with Crippen molar-refractivity contribution >= 4 is 11.8 Å². The molecule has 0 aliphatic heterocycles. The number of carboxylic acids is 1. The molecule has 1 heterocycles. The number of pyridine rings is 1. The van der Waals surface area contributed by atoms with E-state index >= 15 is 0 Å². The first-order valence-electron chi connectivity index (χ1n) is 8.00. The number of hydrogen-bond acceptors (Lipinski definition) is 3. The minimum Gasteiger partial charge on any atom is -0.478 e. The summed E-state index contributed by atoms with van der Waals surface area (Å²) in [5, 5.41) is 12.9. The second-order valence-electron chi connectivity index (χ2n) is 7.08. The fourth-order valence-corrected chi connectivity index (χ4v) is 3.67. The van der Waals surface area contributed by atoms with Crippen LogP contribution in [-0.2, 0) is 12.8 Å². The summed E-state index contributed by atoms with van der Waals surface area (Å²) in [5.41, 5.74) is 2.74. The molecule has 21 heavy (non-hydrogen) atoms. The van der Waals surface area contributed by atoms with Crippen LogP contribution in [0.3, 0.4) is 0 Å². The molecule has 0 spiro atoms. The van der Waals surface area contributed by atoms with Gasteiger partial charge in [0.25, 0.3) is 0 Å². The Morgan fingerprint density at radius 1 is 1.33 bits per heavy atom. The van der Waals surface area contributed by atoms with E-state index < -0.39 is 5.97 Å². The summed E-state index contributed by atoms with van der Waals surface area (Å²) < 4.78 is 0. The van der Waals surface area contributed by atoms with Crippen LogP contribution in [0.5, 0.6) is 0 Å². The van der Waals surface area contributed by atoms with E-state index in [2.05, 4.69) is 24.1 Å². The van der Waals surface area contributed by atoms with Gasteiger partial charge in [-0.05, 0) is 55.6 Å². The molecule has 1 atom stereocenters. The number of aryl methyl sites for hydroxylation is 2. The van der Waals surface area contributed by atoms with Crippen LogP contribution in [0.4, 0.5) is 5.82 Å². The topological polar surface area (TPSA) is 62.2 Å². The number of carboxylic acid groups (broad SMARTS) is 1. The molecular weight excluding hydrogens is 264 g/mol. The van der Waals surface area contributed by atoms with E-state index in [0.717, 1.165) is 43.4 Å². The van der Waals surface area contributed by atoms with E-state index in [0.29, 0.717) is 17.4 Å². The van der Waals surface area contributed by atoms with E-state index in [1.807, 2.05) is 6.07 Å². The number of rotatable bonds is 3. The lowest BCUT2D eigenvalue weighted by Crippen LogP contribution is -2.32. The number of nitrogens with zero attached hydrogens (tertiary/aromatic N) is 1. The Morgan fingerprint density at radius 2 is 2.10 bits per heavy atom. The molecule has 2 aliphatic rings. The van der Waals surface area contributed by atoms with Gasteiger partial charge < -0.3 is 10.4 Å². The smallest absolute Gasteiger partial charge is 0.339 e. The standard InChI is InChI=1S/C17H24N2O2/c1-17(2)9-5-8-14(17)19-15-12(16(20)21)10-11-6-3-4-7-13(11)18-15/h10,14H,3-9H2,1-2H3,(H,18,19)(H,20,21). The first kappa shape index (κ1) is 14.4. The van der Waals surface area contributed by atoms with Crippen molar-refractivity contribution in [3.8, 4) is 0 Å². The van der Waals surface area contributed by atoms with Crippen LogP contribution >= 0.6 is 0 Å². The Hall–Kier alpha value is -1.58. The van der Waals surface area contributed by atoms with Gasteiger partial charge in [-0.25, -0.2) is 9.78 Å². The maximum Gasteiger partial charge on any atom is 0.339 e. The summed E-state index contributed by atoms with van der Waals surface area (Å²) in [6.07, 6.45) is 7.67. The largest absolute Gasteiger partial charge is 0.478 e. The zero-order chi connectivity index (χ0) is 15.0. The van der Waals surface area contributed by atoms with Crippen molar-refractivity contribution in [3.05, 3.63) is 22.9 Å².